The van der Waals surface area contributed by atoms with E-state index in [1.165, 1.54) is 0 Å². The van der Waals surface area contributed by atoms with Crippen molar-refractivity contribution >= 4 is 32.6 Å². The molecule has 0 aliphatic heterocycles. The number of pyridine rings is 1. The van der Waals surface area contributed by atoms with Gasteiger partial charge in [-0.15, -0.1) is 0 Å². The van der Waals surface area contributed by atoms with E-state index < -0.39 is 0 Å². The minimum atomic E-state index is 0.313. The van der Waals surface area contributed by atoms with Crippen molar-refractivity contribution in [1.29, 1.82) is 0 Å². The van der Waals surface area contributed by atoms with Gasteiger partial charge in [-0.2, -0.15) is 0 Å². The molecule has 0 aliphatic carbocycles. The Hall–Kier alpha value is -2.61. The molecule has 2 nitrogen and oxygen atoms in total. The van der Waals surface area contributed by atoms with Crippen LogP contribution in [0.4, 0.5) is 0 Å². The molecule has 3 aromatic carbocycles. The van der Waals surface area contributed by atoms with Gasteiger partial charge in [-0.3, -0.25) is 0 Å². The van der Waals surface area contributed by atoms with E-state index in [1.807, 2.05) is 48.5 Å². The topological polar surface area (TPSA) is 33.1 Å². The van der Waals surface area contributed by atoms with Crippen molar-refractivity contribution in [3.05, 3.63) is 60.2 Å². The first-order valence-electron chi connectivity index (χ1n) is 6.65. The molecule has 4 rings (SSSR count). The van der Waals surface area contributed by atoms with Crippen molar-refractivity contribution in [3.63, 3.8) is 0 Å². The van der Waals surface area contributed by atoms with Crippen molar-refractivity contribution in [2.75, 3.05) is 0 Å². The molecule has 4 aromatic rings. The summed E-state index contributed by atoms with van der Waals surface area (Å²) in [6.07, 6.45) is 0. The van der Waals surface area contributed by atoms with Gasteiger partial charge >= 0.3 is 0 Å². The maximum Gasteiger partial charge on any atom is 0.124 e. The molecule has 1 heterocycles. The third kappa shape index (κ3) is 1.42. The zero-order valence-electron chi connectivity index (χ0n) is 11.1. The summed E-state index contributed by atoms with van der Waals surface area (Å²) in [7, 11) is 0. The van der Waals surface area contributed by atoms with Gasteiger partial charge in [0.05, 0.1) is 11.0 Å². The van der Waals surface area contributed by atoms with Crippen LogP contribution in [0.3, 0.4) is 0 Å². The number of phenolic OH excluding ortho intramolecular Hbond substituents is 1. The summed E-state index contributed by atoms with van der Waals surface area (Å²) in [5.74, 6) is 0.313. The Labute approximate surface area is 116 Å². The third-order valence-corrected chi connectivity index (χ3v) is 3.94. The molecule has 0 fully saturated rings. The highest BCUT2D eigenvalue weighted by Crippen LogP contribution is 2.35. The molecule has 0 aliphatic rings. The number of hydrogen-bond acceptors (Lipinski definition) is 2. The Balaban J connectivity index is 2.34. The molecule has 0 bridgehead atoms. The summed E-state index contributed by atoms with van der Waals surface area (Å²) in [6, 6.07) is 17.8. The van der Waals surface area contributed by atoms with Crippen molar-refractivity contribution in [3.8, 4) is 5.75 Å². The zero-order valence-corrected chi connectivity index (χ0v) is 11.1. The van der Waals surface area contributed by atoms with E-state index in [9.17, 15) is 5.11 Å². The van der Waals surface area contributed by atoms with Crippen LogP contribution in [0.15, 0.2) is 54.6 Å². The Morgan fingerprint density at radius 1 is 0.800 bits per heavy atom. The maximum atomic E-state index is 10.2. The Bertz CT molecular complexity index is 967. The molecule has 0 saturated heterocycles. The van der Waals surface area contributed by atoms with Gasteiger partial charge in [0.2, 0.25) is 0 Å². The van der Waals surface area contributed by atoms with Crippen molar-refractivity contribution in [2.45, 2.75) is 6.92 Å². The summed E-state index contributed by atoms with van der Waals surface area (Å²) in [4.78, 5) is 4.80. The average Bonchev–Trinajstić information content (AvgIpc) is 2.49. The van der Waals surface area contributed by atoms with E-state index in [0.29, 0.717) is 5.75 Å². The predicted molar refractivity (Wildman–Crippen MR) is 83.2 cm³/mol. The number of para-hydroxylation sites is 1. The summed E-state index contributed by atoms with van der Waals surface area (Å²) < 4.78 is 0. The molecule has 0 saturated carbocycles. The summed E-state index contributed by atoms with van der Waals surface area (Å²) in [6.45, 7) is 2.08. The van der Waals surface area contributed by atoms with Gasteiger partial charge in [0, 0.05) is 21.5 Å². The van der Waals surface area contributed by atoms with Gasteiger partial charge in [-0.25, -0.2) is 4.98 Å². The molecule has 0 radical (unpaired) electrons. The van der Waals surface area contributed by atoms with E-state index in [0.717, 1.165) is 38.1 Å². The number of rotatable bonds is 0. The number of fused-ring (bicyclic) bond motifs is 4. The number of aromatic nitrogens is 1. The van der Waals surface area contributed by atoms with Gasteiger partial charge < -0.3 is 5.11 Å². The molecule has 0 atom stereocenters. The second kappa shape index (κ2) is 3.94. The Morgan fingerprint density at radius 2 is 1.45 bits per heavy atom. The van der Waals surface area contributed by atoms with Crippen LogP contribution in [0, 0.1) is 6.92 Å². The minimum absolute atomic E-state index is 0.313. The van der Waals surface area contributed by atoms with Gasteiger partial charge in [-0.05, 0) is 24.6 Å². The molecule has 0 amide bonds. The van der Waals surface area contributed by atoms with Crippen LogP contribution in [0.5, 0.6) is 5.75 Å². The van der Waals surface area contributed by atoms with Gasteiger partial charge in [0.15, 0.2) is 0 Å². The first kappa shape index (κ1) is 11.2. The number of aromatic hydroxyl groups is 1. The lowest BCUT2D eigenvalue weighted by Gasteiger charge is -2.10. The third-order valence-electron chi connectivity index (χ3n) is 3.94. The van der Waals surface area contributed by atoms with E-state index >= 15 is 0 Å². The lowest BCUT2D eigenvalue weighted by atomic mass is 9.99. The normalized spacial score (nSPS) is 11.4. The highest BCUT2D eigenvalue weighted by molar-refractivity contribution is 6.12. The van der Waals surface area contributed by atoms with Crippen molar-refractivity contribution in [1.82, 2.24) is 4.98 Å². The standard InChI is InChI=1S/C18H13NO/c1-11-12-6-4-5-9-16(12)19-18-14-8-3-2-7-13(14)17(20)10-15(11)18/h2-10,20H,1H3. The van der Waals surface area contributed by atoms with Gasteiger partial charge in [-0.1, -0.05) is 42.5 Å². The molecule has 96 valence electrons. The highest BCUT2D eigenvalue weighted by atomic mass is 16.3. The predicted octanol–water partition coefficient (Wildman–Crippen LogP) is 4.56. The molecular formula is C18H13NO. The lowest BCUT2D eigenvalue weighted by Crippen LogP contribution is -1.89. The second-order valence-corrected chi connectivity index (χ2v) is 5.09. The number of aryl methyl sites for hydroxylation is 1. The monoisotopic (exact) mass is 259 g/mol. The quantitative estimate of drug-likeness (QED) is 0.371. The molecule has 1 aromatic heterocycles. The first-order chi connectivity index (χ1) is 9.75. The van der Waals surface area contributed by atoms with E-state index in [2.05, 4.69) is 13.0 Å². The van der Waals surface area contributed by atoms with Gasteiger partial charge in [0.1, 0.15) is 5.75 Å². The average molecular weight is 259 g/mol. The van der Waals surface area contributed by atoms with Crippen LogP contribution >= 0.6 is 0 Å². The largest absolute Gasteiger partial charge is 0.507 e. The fraction of sp³-hybridized carbons (Fsp3) is 0.0556. The summed E-state index contributed by atoms with van der Waals surface area (Å²) >= 11 is 0. The maximum absolute atomic E-state index is 10.2. The smallest absolute Gasteiger partial charge is 0.124 e. The Kier molecular flexibility index (Phi) is 2.21. The number of nitrogens with zero attached hydrogens (tertiary/aromatic N) is 1. The van der Waals surface area contributed by atoms with Crippen LogP contribution in [0.1, 0.15) is 5.56 Å². The SMILES string of the molecule is Cc1c2ccccc2nc2c1cc(O)c1ccccc12. The number of hydrogen-bond donors (Lipinski definition) is 1. The van der Waals surface area contributed by atoms with E-state index in [4.69, 9.17) is 4.98 Å². The lowest BCUT2D eigenvalue weighted by molar-refractivity contribution is 0.482. The van der Waals surface area contributed by atoms with Gasteiger partial charge in [0.25, 0.3) is 0 Å². The van der Waals surface area contributed by atoms with Crippen molar-refractivity contribution in [2.24, 2.45) is 0 Å². The molecule has 0 unspecified atom stereocenters. The van der Waals surface area contributed by atoms with Crippen LogP contribution in [0.25, 0.3) is 32.6 Å². The number of phenols is 1. The van der Waals surface area contributed by atoms with Crippen LogP contribution < -0.4 is 0 Å². The van der Waals surface area contributed by atoms with E-state index in [1.54, 1.807) is 0 Å². The fourth-order valence-electron chi connectivity index (χ4n) is 2.90. The number of benzene rings is 3. The van der Waals surface area contributed by atoms with Crippen LogP contribution in [-0.2, 0) is 0 Å². The second-order valence-electron chi connectivity index (χ2n) is 5.09. The van der Waals surface area contributed by atoms with Crippen molar-refractivity contribution < 1.29 is 5.11 Å². The minimum Gasteiger partial charge on any atom is -0.507 e. The summed E-state index contributed by atoms with van der Waals surface area (Å²) in [5.41, 5.74) is 3.11. The molecular weight excluding hydrogens is 246 g/mol. The molecule has 0 spiro atoms. The molecule has 20 heavy (non-hydrogen) atoms. The van der Waals surface area contributed by atoms with E-state index in [-0.39, 0.29) is 0 Å². The zero-order chi connectivity index (χ0) is 13.7. The first-order valence-corrected chi connectivity index (χ1v) is 6.65. The fourth-order valence-corrected chi connectivity index (χ4v) is 2.90. The van der Waals surface area contributed by atoms with Crippen LogP contribution in [0.2, 0.25) is 0 Å². The highest BCUT2D eigenvalue weighted by Gasteiger charge is 2.11. The Morgan fingerprint density at radius 3 is 2.25 bits per heavy atom. The molecule has 1 N–H and O–H groups in total. The van der Waals surface area contributed by atoms with Crippen LogP contribution in [-0.4, -0.2) is 10.1 Å². The summed E-state index contributed by atoms with van der Waals surface area (Å²) in [5, 5.41) is 14.2. The molecule has 2 heteroatoms.